The molecule has 0 spiro atoms. The molecule has 1 nitrogen and oxygen atoms in total. The van der Waals surface area contributed by atoms with Crippen molar-refractivity contribution < 1.29 is 4.74 Å². The summed E-state index contributed by atoms with van der Waals surface area (Å²) in [5.74, 6) is 0.906. The lowest BCUT2D eigenvalue weighted by molar-refractivity contribution is 0.161. The maximum atomic E-state index is 6.97. The lowest BCUT2D eigenvalue weighted by atomic mass is 9.83. The first-order valence-corrected chi connectivity index (χ1v) is 11.7. The van der Waals surface area contributed by atoms with Gasteiger partial charge in [-0.25, -0.2) is 0 Å². The number of hydrogen-bond donors (Lipinski definition) is 0. The van der Waals surface area contributed by atoms with Gasteiger partial charge in [-0.15, -0.1) is 0 Å². The molecule has 1 aliphatic rings. The van der Waals surface area contributed by atoms with Crippen LogP contribution >= 0.6 is 0 Å². The topological polar surface area (TPSA) is 9.23 Å². The molecule has 160 valence electrons. The monoisotopic (exact) mass is 434 g/mol. The highest BCUT2D eigenvalue weighted by atomic mass is 16.5. The average molecular weight is 435 g/mol. The molecule has 6 aromatic rings. The third-order valence-electron chi connectivity index (χ3n) is 7.03. The Hall–Kier alpha value is -4.36. The molecule has 1 aliphatic heterocycles. The first kappa shape index (κ1) is 19.1. The maximum Gasteiger partial charge on any atom is 0.178 e. The third kappa shape index (κ3) is 2.80. The van der Waals surface area contributed by atoms with E-state index in [2.05, 4.69) is 121 Å². The molecule has 0 bridgehead atoms. The molecule has 0 unspecified atom stereocenters. The summed E-state index contributed by atoms with van der Waals surface area (Å²) in [6.45, 7) is 0. The van der Waals surface area contributed by atoms with Gasteiger partial charge in [-0.2, -0.15) is 0 Å². The fraction of sp³-hybridized carbons (Fsp3) is 0.0303. The van der Waals surface area contributed by atoms with Crippen molar-refractivity contribution in [2.24, 2.45) is 0 Å². The highest BCUT2D eigenvalue weighted by Crippen LogP contribution is 2.44. The van der Waals surface area contributed by atoms with Crippen molar-refractivity contribution >= 4 is 38.4 Å². The van der Waals surface area contributed by atoms with Crippen LogP contribution in [0.3, 0.4) is 0 Å². The molecule has 0 atom stereocenters. The molecular formula is C33H22O. The van der Waals surface area contributed by atoms with Crippen LogP contribution in [0.1, 0.15) is 16.7 Å². The molecule has 0 radical (unpaired) electrons. The normalized spacial score (nSPS) is 14.2. The smallest absolute Gasteiger partial charge is 0.178 e. The van der Waals surface area contributed by atoms with Crippen LogP contribution in [-0.4, -0.2) is 0 Å². The predicted octanol–water partition coefficient (Wildman–Crippen LogP) is 8.50. The minimum absolute atomic E-state index is 0.671. The van der Waals surface area contributed by atoms with E-state index in [9.17, 15) is 0 Å². The van der Waals surface area contributed by atoms with Crippen molar-refractivity contribution in [2.75, 3.05) is 0 Å². The van der Waals surface area contributed by atoms with Crippen molar-refractivity contribution in [1.82, 2.24) is 0 Å². The van der Waals surface area contributed by atoms with Crippen LogP contribution in [0.2, 0.25) is 0 Å². The molecule has 0 N–H and O–H groups in total. The molecular weight excluding hydrogens is 412 g/mol. The van der Waals surface area contributed by atoms with Gasteiger partial charge in [-0.3, -0.25) is 0 Å². The van der Waals surface area contributed by atoms with Gasteiger partial charge in [-0.05, 0) is 50.5 Å². The summed E-state index contributed by atoms with van der Waals surface area (Å²) < 4.78 is 6.97. The second kappa shape index (κ2) is 7.33. The Morgan fingerprint density at radius 2 is 1.12 bits per heavy atom. The largest absolute Gasteiger partial charge is 0.473 e. The van der Waals surface area contributed by atoms with Crippen LogP contribution < -0.4 is 4.74 Å². The van der Waals surface area contributed by atoms with E-state index in [1.54, 1.807) is 0 Å². The van der Waals surface area contributed by atoms with Gasteiger partial charge in [0.05, 0.1) is 0 Å². The molecule has 7 rings (SSSR count). The summed E-state index contributed by atoms with van der Waals surface area (Å²) in [6.07, 6.45) is 4.41. The van der Waals surface area contributed by atoms with Crippen molar-refractivity contribution in [3.63, 3.8) is 0 Å². The third-order valence-corrected chi connectivity index (χ3v) is 7.03. The SMILES string of the molecule is C1=CC(c2ccccc2)(c2ccccc2)Oc2cc3c(ccc4ccc5ccccc5c43)cc21. The molecule has 0 amide bonds. The van der Waals surface area contributed by atoms with Crippen LogP contribution in [0.25, 0.3) is 38.4 Å². The fourth-order valence-corrected chi connectivity index (χ4v) is 5.36. The van der Waals surface area contributed by atoms with Gasteiger partial charge in [0.15, 0.2) is 5.60 Å². The summed E-state index contributed by atoms with van der Waals surface area (Å²) >= 11 is 0. The van der Waals surface area contributed by atoms with E-state index in [0.717, 1.165) is 22.4 Å². The van der Waals surface area contributed by atoms with Crippen molar-refractivity contribution in [3.05, 3.63) is 144 Å². The Morgan fingerprint density at radius 3 is 1.85 bits per heavy atom. The van der Waals surface area contributed by atoms with Gasteiger partial charge in [0, 0.05) is 16.7 Å². The minimum atomic E-state index is -0.671. The lowest BCUT2D eigenvalue weighted by Gasteiger charge is -2.36. The minimum Gasteiger partial charge on any atom is -0.473 e. The Balaban J connectivity index is 1.51. The summed E-state index contributed by atoms with van der Waals surface area (Å²) in [4.78, 5) is 0. The second-order valence-corrected chi connectivity index (χ2v) is 8.96. The van der Waals surface area contributed by atoms with E-state index in [1.807, 2.05) is 12.1 Å². The van der Waals surface area contributed by atoms with Crippen LogP contribution in [0, 0.1) is 0 Å². The second-order valence-electron chi connectivity index (χ2n) is 8.96. The summed E-state index contributed by atoms with van der Waals surface area (Å²) in [5, 5.41) is 7.50. The quantitative estimate of drug-likeness (QED) is 0.248. The molecule has 1 heterocycles. The van der Waals surface area contributed by atoms with Crippen LogP contribution in [0.15, 0.2) is 127 Å². The molecule has 0 aromatic heterocycles. The standard InChI is InChI=1S/C33H22O/c1-3-10-27(11-4-1)33(28-12-5-2-6-13-28)20-19-26-21-25-18-17-24-16-15-23-9-7-8-14-29(23)32(24)30(25)22-31(26)34-33/h1-22H. The van der Waals surface area contributed by atoms with Crippen LogP contribution in [-0.2, 0) is 5.60 Å². The number of rotatable bonds is 2. The van der Waals surface area contributed by atoms with Crippen LogP contribution in [0.5, 0.6) is 5.75 Å². The number of hydrogen-bond acceptors (Lipinski definition) is 1. The van der Waals surface area contributed by atoms with Crippen molar-refractivity contribution in [1.29, 1.82) is 0 Å². The maximum absolute atomic E-state index is 6.97. The van der Waals surface area contributed by atoms with Crippen molar-refractivity contribution in [2.45, 2.75) is 5.60 Å². The number of fused-ring (bicyclic) bond motifs is 6. The molecule has 6 aromatic carbocycles. The predicted molar refractivity (Wildman–Crippen MR) is 142 cm³/mol. The Bertz CT molecular complexity index is 1670. The zero-order valence-corrected chi connectivity index (χ0v) is 18.6. The van der Waals surface area contributed by atoms with Gasteiger partial charge in [0.25, 0.3) is 0 Å². The first-order valence-electron chi connectivity index (χ1n) is 11.7. The highest BCUT2D eigenvalue weighted by molar-refractivity contribution is 6.20. The summed E-state index contributed by atoms with van der Waals surface area (Å²) in [6, 6.07) is 43.0. The van der Waals surface area contributed by atoms with Crippen molar-refractivity contribution in [3.8, 4) is 5.75 Å². The Morgan fingerprint density at radius 1 is 0.500 bits per heavy atom. The molecule has 0 fully saturated rings. The van der Waals surface area contributed by atoms with E-state index < -0.39 is 5.60 Å². The first-order chi connectivity index (χ1) is 16.8. The van der Waals surface area contributed by atoms with Gasteiger partial charge < -0.3 is 4.74 Å². The lowest BCUT2D eigenvalue weighted by Crippen LogP contribution is -2.34. The Kier molecular flexibility index (Phi) is 4.13. The number of benzene rings is 6. The number of ether oxygens (including phenoxy) is 1. The van der Waals surface area contributed by atoms with E-state index in [4.69, 9.17) is 4.74 Å². The van der Waals surface area contributed by atoms with Gasteiger partial charge >= 0.3 is 0 Å². The van der Waals surface area contributed by atoms with Crippen LogP contribution in [0.4, 0.5) is 0 Å². The van der Waals surface area contributed by atoms with E-state index >= 15 is 0 Å². The van der Waals surface area contributed by atoms with Gasteiger partial charge in [0.1, 0.15) is 5.75 Å². The molecule has 0 aliphatic carbocycles. The highest BCUT2D eigenvalue weighted by Gasteiger charge is 2.36. The zero-order chi connectivity index (χ0) is 22.5. The van der Waals surface area contributed by atoms with E-state index in [0.29, 0.717) is 0 Å². The molecule has 34 heavy (non-hydrogen) atoms. The zero-order valence-electron chi connectivity index (χ0n) is 18.6. The summed E-state index contributed by atoms with van der Waals surface area (Å²) in [7, 11) is 0. The summed E-state index contributed by atoms with van der Waals surface area (Å²) in [5.41, 5.74) is 2.67. The fourth-order valence-electron chi connectivity index (χ4n) is 5.36. The van der Waals surface area contributed by atoms with E-state index in [-0.39, 0.29) is 0 Å². The van der Waals surface area contributed by atoms with E-state index in [1.165, 1.54) is 32.3 Å². The van der Waals surface area contributed by atoms with Gasteiger partial charge in [0.2, 0.25) is 0 Å². The van der Waals surface area contributed by atoms with Gasteiger partial charge in [-0.1, -0.05) is 115 Å². The molecule has 0 saturated carbocycles. The molecule has 1 heteroatoms. The average Bonchev–Trinajstić information content (AvgIpc) is 2.92. The Labute approximate surface area is 198 Å². The molecule has 0 saturated heterocycles.